The van der Waals surface area contributed by atoms with Gasteiger partial charge in [0.25, 0.3) is 5.91 Å². The Labute approximate surface area is 146 Å². The maximum atomic E-state index is 12.2. The summed E-state index contributed by atoms with van der Waals surface area (Å²) in [6.07, 6.45) is 1.14. The number of ether oxygens (including phenoxy) is 1. The van der Waals surface area contributed by atoms with Crippen molar-refractivity contribution in [2.24, 2.45) is 0 Å². The van der Waals surface area contributed by atoms with Crippen LogP contribution in [-0.4, -0.2) is 34.2 Å². The number of nitrogens with zero attached hydrogens (tertiary/aromatic N) is 1. The zero-order chi connectivity index (χ0) is 17.9. The molecule has 0 unspecified atom stereocenters. The summed E-state index contributed by atoms with van der Waals surface area (Å²) in [5.41, 5.74) is 1.43. The van der Waals surface area contributed by atoms with E-state index in [-0.39, 0.29) is 17.4 Å². The lowest BCUT2D eigenvalue weighted by Crippen LogP contribution is -2.31. The fourth-order valence-corrected chi connectivity index (χ4v) is 2.93. The standard InChI is InChI=1S/C17H18ClNO4S/c1-12-10-13(18)4-9-16(12)23-11-17(20)19(2)14-5-7-15(8-6-14)24(3,21)22/h4-10H,11H2,1-3H3. The highest BCUT2D eigenvalue weighted by Gasteiger charge is 2.14. The van der Waals surface area contributed by atoms with E-state index in [1.165, 1.54) is 17.0 Å². The largest absolute Gasteiger partial charge is 0.483 e. The number of likely N-dealkylation sites (N-methyl/N-ethyl adjacent to an activating group) is 1. The van der Waals surface area contributed by atoms with Gasteiger partial charge in [0, 0.05) is 24.0 Å². The number of rotatable bonds is 5. The van der Waals surface area contributed by atoms with Crippen LogP contribution in [0.5, 0.6) is 5.75 Å². The molecular weight excluding hydrogens is 350 g/mol. The fourth-order valence-electron chi connectivity index (χ4n) is 2.07. The predicted octanol–water partition coefficient (Wildman–Crippen LogP) is 3.09. The molecule has 0 aliphatic rings. The summed E-state index contributed by atoms with van der Waals surface area (Å²) in [6, 6.07) is 11.3. The van der Waals surface area contributed by atoms with Crippen molar-refractivity contribution in [3.63, 3.8) is 0 Å². The lowest BCUT2D eigenvalue weighted by Gasteiger charge is -2.18. The zero-order valence-electron chi connectivity index (χ0n) is 13.6. The van der Waals surface area contributed by atoms with Crippen LogP contribution in [0.25, 0.3) is 0 Å². The molecule has 0 fully saturated rings. The van der Waals surface area contributed by atoms with E-state index in [0.717, 1.165) is 11.8 Å². The topological polar surface area (TPSA) is 63.7 Å². The van der Waals surface area contributed by atoms with E-state index >= 15 is 0 Å². The Bertz CT molecular complexity index is 847. The van der Waals surface area contributed by atoms with Crippen LogP contribution in [0.15, 0.2) is 47.4 Å². The van der Waals surface area contributed by atoms with E-state index in [0.29, 0.717) is 16.5 Å². The predicted molar refractivity (Wildman–Crippen MR) is 94.6 cm³/mol. The van der Waals surface area contributed by atoms with E-state index in [9.17, 15) is 13.2 Å². The van der Waals surface area contributed by atoms with Gasteiger partial charge in [0.15, 0.2) is 16.4 Å². The number of anilines is 1. The number of amides is 1. The Kier molecular flexibility index (Phi) is 5.51. The summed E-state index contributed by atoms with van der Waals surface area (Å²) in [6.45, 7) is 1.71. The summed E-state index contributed by atoms with van der Waals surface area (Å²) < 4.78 is 28.4. The van der Waals surface area contributed by atoms with Gasteiger partial charge in [-0.15, -0.1) is 0 Å². The molecule has 0 saturated carbocycles. The van der Waals surface area contributed by atoms with Gasteiger partial charge in [-0.2, -0.15) is 0 Å². The Morgan fingerprint density at radius 2 is 1.79 bits per heavy atom. The van der Waals surface area contributed by atoms with Gasteiger partial charge in [0.1, 0.15) is 5.75 Å². The lowest BCUT2D eigenvalue weighted by molar-refractivity contribution is -0.120. The first-order valence-electron chi connectivity index (χ1n) is 7.14. The summed E-state index contributed by atoms with van der Waals surface area (Å²) in [5.74, 6) is 0.338. The average Bonchev–Trinajstić information content (AvgIpc) is 2.52. The van der Waals surface area contributed by atoms with Gasteiger partial charge >= 0.3 is 0 Å². The van der Waals surface area contributed by atoms with Gasteiger partial charge in [-0.25, -0.2) is 8.42 Å². The molecule has 7 heteroatoms. The van der Waals surface area contributed by atoms with Crippen LogP contribution >= 0.6 is 11.6 Å². The summed E-state index contributed by atoms with van der Waals surface area (Å²) in [7, 11) is -1.65. The van der Waals surface area contributed by atoms with Gasteiger partial charge in [-0.05, 0) is 55.0 Å². The molecule has 0 heterocycles. The van der Waals surface area contributed by atoms with Gasteiger partial charge in [-0.1, -0.05) is 11.6 Å². The Hall–Kier alpha value is -2.05. The van der Waals surface area contributed by atoms with Crippen molar-refractivity contribution in [1.29, 1.82) is 0 Å². The monoisotopic (exact) mass is 367 g/mol. The van der Waals surface area contributed by atoms with Gasteiger partial charge < -0.3 is 9.64 Å². The molecule has 0 aliphatic carbocycles. The van der Waals surface area contributed by atoms with Gasteiger partial charge in [-0.3, -0.25) is 4.79 Å². The molecule has 0 N–H and O–H groups in total. The van der Waals surface area contributed by atoms with Crippen molar-refractivity contribution in [1.82, 2.24) is 0 Å². The molecule has 24 heavy (non-hydrogen) atoms. The highest BCUT2D eigenvalue weighted by molar-refractivity contribution is 7.90. The van der Waals surface area contributed by atoms with E-state index < -0.39 is 9.84 Å². The summed E-state index contributed by atoms with van der Waals surface area (Å²) in [4.78, 5) is 13.9. The SMILES string of the molecule is Cc1cc(Cl)ccc1OCC(=O)N(C)c1ccc(S(C)(=O)=O)cc1. The molecule has 0 radical (unpaired) electrons. The van der Waals surface area contributed by atoms with E-state index in [2.05, 4.69) is 0 Å². The number of hydrogen-bond acceptors (Lipinski definition) is 4. The van der Waals surface area contributed by atoms with Crippen LogP contribution in [0.3, 0.4) is 0 Å². The van der Waals surface area contributed by atoms with Crippen molar-refractivity contribution in [2.45, 2.75) is 11.8 Å². The third-order valence-electron chi connectivity index (χ3n) is 3.51. The zero-order valence-corrected chi connectivity index (χ0v) is 15.2. The fraction of sp³-hybridized carbons (Fsp3) is 0.235. The lowest BCUT2D eigenvalue weighted by atomic mass is 10.2. The number of benzene rings is 2. The van der Waals surface area contributed by atoms with Crippen molar-refractivity contribution >= 4 is 33.0 Å². The third-order valence-corrected chi connectivity index (χ3v) is 4.88. The number of carbonyl (C=O) groups is 1. The Morgan fingerprint density at radius 3 is 2.33 bits per heavy atom. The Morgan fingerprint density at radius 1 is 1.17 bits per heavy atom. The molecule has 2 rings (SSSR count). The minimum absolute atomic E-state index is 0.132. The quantitative estimate of drug-likeness (QED) is 0.814. The molecule has 0 bridgehead atoms. The van der Waals surface area contributed by atoms with E-state index in [4.69, 9.17) is 16.3 Å². The van der Waals surface area contributed by atoms with Gasteiger partial charge in [0.2, 0.25) is 0 Å². The van der Waals surface area contributed by atoms with Crippen molar-refractivity contribution < 1.29 is 17.9 Å². The molecule has 0 atom stereocenters. The molecule has 5 nitrogen and oxygen atoms in total. The first-order chi connectivity index (χ1) is 11.2. The molecule has 0 aromatic heterocycles. The van der Waals surface area contributed by atoms with Crippen LogP contribution in [0.4, 0.5) is 5.69 Å². The molecule has 2 aromatic rings. The van der Waals surface area contributed by atoms with Crippen molar-refractivity contribution in [2.75, 3.05) is 24.8 Å². The van der Waals surface area contributed by atoms with Crippen LogP contribution in [0.1, 0.15) is 5.56 Å². The maximum Gasteiger partial charge on any atom is 0.264 e. The van der Waals surface area contributed by atoms with Gasteiger partial charge in [0.05, 0.1) is 4.90 Å². The maximum absolute atomic E-state index is 12.2. The molecule has 0 spiro atoms. The number of carbonyl (C=O) groups excluding carboxylic acids is 1. The van der Waals surface area contributed by atoms with Crippen LogP contribution in [0.2, 0.25) is 5.02 Å². The average molecular weight is 368 g/mol. The molecule has 0 aliphatic heterocycles. The molecule has 0 saturated heterocycles. The number of sulfone groups is 1. The highest BCUT2D eigenvalue weighted by Crippen LogP contribution is 2.22. The second-order valence-electron chi connectivity index (χ2n) is 5.42. The van der Waals surface area contributed by atoms with Crippen LogP contribution in [-0.2, 0) is 14.6 Å². The normalized spacial score (nSPS) is 11.2. The summed E-state index contributed by atoms with van der Waals surface area (Å²) >= 11 is 5.88. The number of halogens is 1. The van der Waals surface area contributed by atoms with Crippen LogP contribution in [0, 0.1) is 6.92 Å². The third kappa shape index (κ3) is 4.49. The minimum atomic E-state index is -3.26. The first-order valence-corrected chi connectivity index (χ1v) is 9.41. The van der Waals surface area contributed by atoms with Crippen molar-refractivity contribution in [3.8, 4) is 5.75 Å². The highest BCUT2D eigenvalue weighted by atomic mass is 35.5. The molecular formula is C17H18ClNO4S. The molecule has 128 valence electrons. The van der Waals surface area contributed by atoms with E-state index in [1.807, 2.05) is 6.92 Å². The number of hydrogen-bond donors (Lipinski definition) is 0. The molecule has 1 amide bonds. The van der Waals surface area contributed by atoms with Crippen LogP contribution < -0.4 is 9.64 Å². The second kappa shape index (κ2) is 7.23. The van der Waals surface area contributed by atoms with Crippen molar-refractivity contribution in [3.05, 3.63) is 53.1 Å². The smallest absolute Gasteiger partial charge is 0.264 e. The Balaban J connectivity index is 2.04. The number of aryl methyl sites for hydroxylation is 1. The minimum Gasteiger partial charge on any atom is -0.483 e. The van der Waals surface area contributed by atoms with E-state index in [1.54, 1.807) is 37.4 Å². The first kappa shape index (κ1) is 18.3. The summed E-state index contributed by atoms with van der Waals surface area (Å²) in [5, 5.41) is 0.606. The second-order valence-corrected chi connectivity index (χ2v) is 7.87. The molecule has 2 aromatic carbocycles.